The summed E-state index contributed by atoms with van der Waals surface area (Å²) in [4.78, 5) is 10.3. The van der Waals surface area contributed by atoms with E-state index in [0.717, 1.165) is 6.07 Å². The average molecular weight is 325 g/mol. The van der Waals surface area contributed by atoms with Gasteiger partial charge in [-0.3, -0.25) is 4.79 Å². The molecule has 0 bridgehead atoms. The molecule has 4 nitrogen and oxygen atoms in total. The van der Waals surface area contributed by atoms with Crippen LogP contribution in [0.5, 0.6) is 5.75 Å². The van der Waals surface area contributed by atoms with Crippen LogP contribution in [0.2, 0.25) is 0 Å². The SMILES string of the molecule is O=Cc1ccccc1OC(F)(F)F.O=S(=O)(Cl)Cl. The molecule has 1 aromatic rings. The first-order valence-corrected chi connectivity index (χ1v) is 7.10. The number of ether oxygens (including phenoxy) is 1. The molecule has 1 aromatic carbocycles. The topological polar surface area (TPSA) is 60.4 Å². The monoisotopic (exact) mass is 324 g/mol. The molecule has 0 aliphatic carbocycles. The Morgan fingerprint density at radius 2 is 1.61 bits per heavy atom. The fourth-order valence-corrected chi connectivity index (χ4v) is 0.796. The number of para-hydroxylation sites is 1. The smallest absolute Gasteiger partial charge is 0.405 e. The maximum absolute atomic E-state index is 11.7. The van der Waals surface area contributed by atoms with Crippen LogP contribution in [-0.2, 0) is 8.26 Å². The van der Waals surface area contributed by atoms with Gasteiger partial charge < -0.3 is 4.74 Å². The molecule has 0 radical (unpaired) electrons. The van der Waals surface area contributed by atoms with Crippen molar-refractivity contribution in [2.45, 2.75) is 6.36 Å². The maximum atomic E-state index is 11.7. The van der Waals surface area contributed by atoms with Crippen molar-refractivity contribution in [1.29, 1.82) is 0 Å². The number of carbonyl (C=O) groups excluding carboxylic acids is 1. The molecule has 0 unspecified atom stereocenters. The molecule has 0 fully saturated rings. The summed E-state index contributed by atoms with van der Waals surface area (Å²) in [6.07, 6.45) is -4.46. The molecular formula is C8H5Cl2F3O4S. The van der Waals surface area contributed by atoms with Crippen LogP contribution in [0.1, 0.15) is 10.4 Å². The van der Waals surface area contributed by atoms with Gasteiger partial charge in [-0.25, -0.2) is 0 Å². The molecule has 10 heteroatoms. The fraction of sp³-hybridized carbons (Fsp3) is 0.125. The van der Waals surface area contributed by atoms with Crippen LogP contribution >= 0.6 is 21.4 Å². The molecule has 0 amide bonds. The predicted molar refractivity (Wildman–Crippen MR) is 59.1 cm³/mol. The number of aldehydes is 1. The number of rotatable bonds is 2. The Hall–Kier alpha value is -0.990. The highest BCUT2D eigenvalue weighted by atomic mass is 36.0. The molecule has 18 heavy (non-hydrogen) atoms. The van der Waals surface area contributed by atoms with Gasteiger partial charge in [0.2, 0.25) is 0 Å². The van der Waals surface area contributed by atoms with E-state index in [1.54, 1.807) is 0 Å². The lowest BCUT2D eigenvalue weighted by Crippen LogP contribution is -2.17. The third-order valence-electron chi connectivity index (χ3n) is 1.27. The van der Waals surface area contributed by atoms with Gasteiger partial charge in [0.15, 0.2) is 6.29 Å². The van der Waals surface area contributed by atoms with Crippen molar-refractivity contribution in [1.82, 2.24) is 0 Å². The minimum atomic E-state index is -4.76. The predicted octanol–water partition coefficient (Wildman–Crippen LogP) is 3.11. The third kappa shape index (κ3) is 10.2. The molecule has 1 rings (SSSR count). The van der Waals surface area contributed by atoms with Crippen LogP contribution in [0.15, 0.2) is 24.3 Å². The number of alkyl halides is 3. The summed E-state index contributed by atoms with van der Waals surface area (Å²) >= 11 is 0. The van der Waals surface area contributed by atoms with E-state index in [-0.39, 0.29) is 5.56 Å². The lowest BCUT2D eigenvalue weighted by atomic mass is 10.2. The van der Waals surface area contributed by atoms with Crippen molar-refractivity contribution in [2.24, 2.45) is 0 Å². The summed E-state index contributed by atoms with van der Waals surface area (Å²) < 4.78 is 57.1. The first kappa shape index (κ1) is 17.0. The number of benzene rings is 1. The minimum Gasteiger partial charge on any atom is -0.405 e. The van der Waals surface area contributed by atoms with Gasteiger partial charge in [0.1, 0.15) is 5.75 Å². The standard InChI is InChI=1S/C8H5F3O2.Cl2O2S/c9-8(10,11)13-7-4-2-1-3-6(7)5-12;1-5(2,3)4/h1-5H;. The molecule has 0 aromatic heterocycles. The average Bonchev–Trinajstić information content (AvgIpc) is 2.13. The van der Waals surface area contributed by atoms with Crippen LogP contribution in [-0.4, -0.2) is 21.1 Å². The van der Waals surface area contributed by atoms with Crippen molar-refractivity contribution < 1.29 is 31.1 Å². The van der Waals surface area contributed by atoms with E-state index in [9.17, 15) is 18.0 Å². The molecule has 0 atom stereocenters. The molecule has 0 heterocycles. The lowest BCUT2D eigenvalue weighted by molar-refractivity contribution is -0.274. The van der Waals surface area contributed by atoms with Crippen molar-refractivity contribution >= 4 is 35.9 Å². The quantitative estimate of drug-likeness (QED) is 0.619. The maximum Gasteiger partial charge on any atom is 0.573 e. The van der Waals surface area contributed by atoms with E-state index >= 15 is 0 Å². The molecule has 0 N–H and O–H groups in total. The summed E-state index contributed by atoms with van der Waals surface area (Å²) in [6.45, 7) is 0. The second-order valence-electron chi connectivity index (χ2n) is 2.58. The molecule has 0 saturated heterocycles. The molecular weight excluding hydrogens is 320 g/mol. The zero-order chi connectivity index (χ0) is 14.4. The van der Waals surface area contributed by atoms with E-state index in [0.29, 0.717) is 6.29 Å². The van der Waals surface area contributed by atoms with E-state index < -0.39 is 20.4 Å². The third-order valence-corrected chi connectivity index (χ3v) is 1.27. The van der Waals surface area contributed by atoms with Crippen LogP contribution in [0.4, 0.5) is 13.2 Å². The zero-order valence-corrected chi connectivity index (χ0v) is 10.6. The van der Waals surface area contributed by atoms with Gasteiger partial charge in [-0.1, -0.05) is 12.1 Å². The Labute approximate surface area is 109 Å². The van der Waals surface area contributed by atoms with Gasteiger partial charge in [0.05, 0.1) is 5.56 Å². The summed E-state index contributed by atoms with van der Waals surface area (Å²) in [5.74, 6) is -0.481. The molecule has 0 aliphatic heterocycles. The largest absolute Gasteiger partial charge is 0.573 e. The van der Waals surface area contributed by atoms with Gasteiger partial charge in [-0.2, -0.15) is 8.42 Å². The van der Waals surface area contributed by atoms with Crippen LogP contribution < -0.4 is 4.74 Å². The van der Waals surface area contributed by atoms with Crippen LogP contribution in [0.25, 0.3) is 0 Å². The second-order valence-corrected chi connectivity index (χ2v) is 6.25. The van der Waals surface area contributed by atoms with Gasteiger partial charge in [0.25, 0.3) is 0 Å². The van der Waals surface area contributed by atoms with Crippen molar-refractivity contribution in [3.63, 3.8) is 0 Å². The van der Waals surface area contributed by atoms with E-state index in [1.807, 2.05) is 0 Å². The van der Waals surface area contributed by atoms with Gasteiger partial charge in [-0.05, 0) is 12.1 Å². The van der Waals surface area contributed by atoms with Gasteiger partial charge in [-0.15, -0.1) is 13.2 Å². The second kappa shape index (κ2) is 6.81. The summed E-state index contributed by atoms with van der Waals surface area (Å²) in [5.41, 5.74) is -0.125. The molecule has 102 valence electrons. The number of carbonyl (C=O) groups is 1. The minimum absolute atomic E-state index is 0.125. The lowest BCUT2D eigenvalue weighted by Gasteiger charge is -2.09. The van der Waals surface area contributed by atoms with Gasteiger partial charge in [0, 0.05) is 21.4 Å². The molecule has 0 spiro atoms. The van der Waals surface area contributed by atoms with Crippen molar-refractivity contribution in [3.05, 3.63) is 29.8 Å². The number of hydrogen-bond donors (Lipinski definition) is 0. The first-order chi connectivity index (χ1) is 8.03. The zero-order valence-electron chi connectivity index (χ0n) is 8.32. The van der Waals surface area contributed by atoms with E-state index in [1.165, 1.54) is 18.2 Å². The van der Waals surface area contributed by atoms with Crippen molar-refractivity contribution in [3.8, 4) is 5.75 Å². The normalized spacial score (nSPS) is 11.2. The van der Waals surface area contributed by atoms with E-state index in [4.69, 9.17) is 8.42 Å². The van der Waals surface area contributed by atoms with Crippen molar-refractivity contribution in [2.75, 3.05) is 0 Å². The Bertz CT molecular complexity index is 493. The Kier molecular flexibility index (Phi) is 6.44. The summed E-state index contributed by atoms with van der Waals surface area (Å²) in [7, 11) is 4.81. The fourth-order valence-electron chi connectivity index (χ4n) is 0.796. The number of halogens is 5. The Balaban J connectivity index is 0.000000494. The first-order valence-electron chi connectivity index (χ1n) is 3.97. The number of hydrogen-bond acceptors (Lipinski definition) is 4. The molecule has 0 saturated carbocycles. The Morgan fingerprint density at radius 1 is 1.17 bits per heavy atom. The highest BCUT2D eigenvalue weighted by molar-refractivity contribution is 8.31. The summed E-state index contributed by atoms with van der Waals surface area (Å²) in [6, 6.07) is 5.13. The van der Waals surface area contributed by atoms with Gasteiger partial charge >= 0.3 is 14.6 Å². The van der Waals surface area contributed by atoms with Crippen LogP contribution in [0, 0.1) is 0 Å². The summed E-state index contributed by atoms with van der Waals surface area (Å²) in [5, 5.41) is 0. The van der Waals surface area contributed by atoms with E-state index in [2.05, 4.69) is 26.1 Å². The highest BCUT2D eigenvalue weighted by Gasteiger charge is 2.31. The van der Waals surface area contributed by atoms with Crippen LogP contribution in [0.3, 0.4) is 0 Å². The Morgan fingerprint density at radius 3 is 2.00 bits per heavy atom. The molecule has 0 aliphatic rings. The highest BCUT2D eigenvalue weighted by Crippen LogP contribution is 2.24.